The molecule has 0 aromatic rings. The van der Waals surface area contributed by atoms with Crippen molar-refractivity contribution in [2.75, 3.05) is 0 Å². The van der Waals surface area contributed by atoms with Gasteiger partial charge in [0.25, 0.3) is 0 Å². The molecule has 5 N–H and O–H groups in total. The smallest absolute Gasteiger partial charge is 0.416 e. The van der Waals surface area contributed by atoms with Crippen LogP contribution < -0.4 is 11.1 Å². The molecule has 0 saturated heterocycles. The first-order valence-corrected chi connectivity index (χ1v) is 6.08. The number of unbranched alkanes of at least 4 members (excludes halogenated alkanes) is 1. The molecule has 0 bridgehead atoms. The van der Waals surface area contributed by atoms with Gasteiger partial charge in [0, 0.05) is 6.42 Å². The zero-order valence-corrected chi connectivity index (χ0v) is 11.0. The van der Waals surface area contributed by atoms with Gasteiger partial charge in [-0.2, -0.15) is 13.2 Å². The van der Waals surface area contributed by atoms with Gasteiger partial charge < -0.3 is 21.3 Å². The van der Waals surface area contributed by atoms with E-state index in [2.05, 4.69) is 0 Å². The van der Waals surface area contributed by atoms with E-state index in [1.165, 1.54) is 0 Å². The normalized spacial score (nSPS) is 16.3. The van der Waals surface area contributed by atoms with E-state index in [-0.39, 0.29) is 12.8 Å². The molecule has 0 aliphatic carbocycles. The van der Waals surface area contributed by atoms with Crippen molar-refractivity contribution in [3.05, 3.63) is 0 Å². The van der Waals surface area contributed by atoms with Crippen molar-refractivity contribution in [2.24, 2.45) is 5.73 Å². The lowest BCUT2D eigenvalue weighted by Gasteiger charge is -2.22. The second kappa shape index (κ2) is 8.05. The zero-order chi connectivity index (χ0) is 15.9. The standard InChI is InChI=1S/C11H19F3N2O4/c1-6(9(18)11(12,13)14)16-8(17)5-3-2-4-7(15)10(19)20/h6-7,9,18H,2-5,15H2,1H3,(H,16,17)(H,19,20)/t6-,7-,9+/m1/s1. The predicted molar refractivity (Wildman–Crippen MR) is 63.7 cm³/mol. The molecule has 0 heterocycles. The Labute approximate surface area is 114 Å². The van der Waals surface area contributed by atoms with Gasteiger partial charge in [-0.3, -0.25) is 9.59 Å². The van der Waals surface area contributed by atoms with Gasteiger partial charge in [-0.15, -0.1) is 0 Å². The van der Waals surface area contributed by atoms with Crippen LogP contribution in [0.1, 0.15) is 32.6 Å². The van der Waals surface area contributed by atoms with Crippen molar-refractivity contribution >= 4 is 11.9 Å². The lowest BCUT2D eigenvalue weighted by atomic mass is 10.1. The number of carboxylic acids is 1. The molecule has 0 aliphatic rings. The molecule has 3 atom stereocenters. The van der Waals surface area contributed by atoms with E-state index in [0.29, 0.717) is 12.8 Å². The molecule has 0 aromatic carbocycles. The van der Waals surface area contributed by atoms with Gasteiger partial charge in [0.2, 0.25) is 5.91 Å². The van der Waals surface area contributed by atoms with Crippen LogP contribution in [0.2, 0.25) is 0 Å². The van der Waals surface area contributed by atoms with E-state index in [1.807, 2.05) is 5.32 Å². The van der Waals surface area contributed by atoms with Crippen LogP contribution in [0.25, 0.3) is 0 Å². The summed E-state index contributed by atoms with van der Waals surface area (Å²) < 4.78 is 36.5. The van der Waals surface area contributed by atoms with Crippen LogP contribution in [-0.2, 0) is 9.59 Å². The number of aliphatic hydroxyl groups is 1. The molecule has 9 heteroatoms. The van der Waals surface area contributed by atoms with E-state index in [1.54, 1.807) is 0 Å². The first-order valence-electron chi connectivity index (χ1n) is 6.08. The molecular weight excluding hydrogens is 281 g/mol. The third kappa shape index (κ3) is 7.29. The average molecular weight is 300 g/mol. The van der Waals surface area contributed by atoms with E-state index >= 15 is 0 Å². The molecule has 0 rings (SSSR count). The van der Waals surface area contributed by atoms with E-state index in [4.69, 9.17) is 15.9 Å². The predicted octanol–water partition coefficient (Wildman–Crippen LogP) is 0.387. The second-order valence-corrected chi connectivity index (χ2v) is 4.53. The number of nitrogens with two attached hydrogens (primary N) is 1. The molecular formula is C11H19F3N2O4. The first kappa shape index (κ1) is 18.7. The molecule has 1 amide bonds. The Hall–Kier alpha value is -1.35. The number of aliphatic hydroxyl groups excluding tert-OH is 1. The number of carbonyl (C=O) groups excluding carboxylic acids is 1. The molecule has 0 spiro atoms. The maximum atomic E-state index is 12.2. The van der Waals surface area contributed by atoms with Crippen LogP contribution in [0, 0.1) is 0 Å². The number of carboxylic acid groups (broad SMARTS) is 1. The van der Waals surface area contributed by atoms with Gasteiger partial charge in [0.15, 0.2) is 6.10 Å². The number of amides is 1. The summed E-state index contributed by atoms with van der Waals surface area (Å²) in [4.78, 5) is 21.7. The highest BCUT2D eigenvalue weighted by atomic mass is 19.4. The largest absolute Gasteiger partial charge is 0.480 e. The van der Waals surface area contributed by atoms with Gasteiger partial charge in [0.1, 0.15) is 6.04 Å². The topological polar surface area (TPSA) is 113 Å². The lowest BCUT2D eigenvalue weighted by molar-refractivity contribution is -0.210. The van der Waals surface area contributed by atoms with Crippen LogP contribution in [0.3, 0.4) is 0 Å². The number of alkyl halides is 3. The van der Waals surface area contributed by atoms with Gasteiger partial charge in [-0.25, -0.2) is 0 Å². The minimum atomic E-state index is -4.79. The van der Waals surface area contributed by atoms with E-state index in [0.717, 1.165) is 6.92 Å². The number of carbonyl (C=O) groups is 2. The third-order valence-corrected chi connectivity index (χ3v) is 2.68. The minimum absolute atomic E-state index is 0.0543. The Bertz CT molecular complexity index is 336. The fourth-order valence-electron chi connectivity index (χ4n) is 1.46. The molecule has 0 unspecified atom stereocenters. The second-order valence-electron chi connectivity index (χ2n) is 4.53. The maximum Gasteiger partial charge on any atom is 0.416 e. The Kier molecular flexibility index (Phi) is 7.51. The van der Waals surface area contributed by atoms with Crippen molar-refractivity contribution in [3.8, 4) is 0 Å². The Morgan fingerprint density at radius 2 is 1.85 bits per heavy atom. The summed E-state index contributed by atoms with van der Waals surface area (Å²) in [6.07, 6.45) is -6.60. The zero-order valence-electron chi connectivity index (χ0n) is 11.0. The molecule has 0 radical (unpaired) electrons. The summed E-state index contributed by atoms with van der Waals surface area (Å²) in [5.74, 6) is -1.78. The summed E-state index contributed by atoms with van der Waals surface area (Å²) in [6.45, 7) is 1.05. The lowest BCUT2D eigenvalue weighted by Crippen LogP contribution is -2.48. The minimum Gasteiger partial charge on any atom is -0.480 e. The Morgan fingerprint density at radius 1 is 1.30 bits per heavy atom. The van der Waals surface area contributed by atoms with Gasteiger partial charge in [0.05, 0.1) is 6.04 Å². The SMILES string of the molecule is C[C@@H](NC(=O)CCCC[C@@H](N)C(=O)O)[C@H](O)C(F)(F)F. The van der Waals surface area contributed by atoms with Gasteiger partial charge >= 0.3 is 12.1 Å². The monoisotopic (exact) mass is 300 g/mol. The number of halogens is 3. The Balaban J connectivity index is 3.92. The van der Waals surface area contributed by atoms with Crippen molar-refractivity contribution in [1.82, 2.24) is 5.32 Å². The van der Waals surface area contributed by atoms with Crippen molar-refractivity contribution in [2.45, 2.75) is 57.0 Å². The molecule has 0 saturated carbocycles. The van der Waals surface area contributed by atoms with Crippen molar-refractivity contribution < 1.29 is 33.0 Å². The van der Waals surface area contributed by atoms with E-state index < -0.39 is 36.2 Å². The Morgan fingerprint density at radius 3 is 2.30 bits per heavy atom. The summed E-state index contributed by atoms with van der Waals surface area (Å²) in [7, 11) is 0. The number of nitrogens with one attached hydrogen (secondary N) is 1. The van der Waals surface area contributed by atoms with Crippen molar-refractivity contribution in [1.29, 1.82) is 0 Å². The molecule has 20 heavy (non-hydrogen) atoms. The van der Waals surface area contributed by atoms with Crippen LogP contribution in [-0.4, -0.2) is 46.5 Å². The van der Waals surface area contributed by atoms with Crippen molar-refractivity contribution in [3.63, 3.8) is 0 Å². The van der Waals surface area contributed by atoms with Gasteiger partial charge in [-0.1, -0.05) is 6.42 Å². The van der Waals surface area contributed by atoms with Crippen LogP contribution in [0.5, 0.6) is 0 Å². The fourth-order valence-corrected chi connectivity index (χ4v) is 1.46. The van der Waals surface area contributed by atoms with E-state index in [9.17, 15) is 22.8 Å². The number of rotatable bonds is 8. The molecule has 0 aliphatic heterocycles. The highest BCUT2D eigenvalue weighted by molar-refractivity contribution is 5.76. The molecule has 0 aromatic heterocycles. The van der Waals surface area contributed by atoms with Crippen LogP contribution in [0.15, 0.2) is 0 Å². The molecule has 0 fully saturated rings. The highest BCUT2D eigenvalue weighted by Gasteiger charge is 2.42. The highest BCUT2D eigenvalue weighted by Crippen LogP contribution is 2.22. The number of aliphatic carboxylic acids is 1. The third-order valence-electron chi connectivity index (χ3n) is 2.68. The summed E-state index contributed by atoms with van der Waals surface area (Å²) in [5, 5.41) is 19.4. The maximum absolute atomic E-state index is 12.2. The average Bonchev–Trinajstić information content (AvgIpc) is 2.31. The summed E-state index contributed by atoms with van der Waals surface area (Å²) in [6, 6.07) is -2.45. The molecule has 6 nitrogen and oxygen atoms in total. The molecule has 118 valence electrons. The fraction of sp³-hybridized carbons (Fsp3) is 0.818. The summed E-state index contributed by atoms with van der Waals surface area (Å²) in [5.41, 5.74) is 5.24. The van der Waals surface area contributed by atoms with Gasteiger partial charge in [-0.05, 0) is 19.8 Å². The quantitative estimate of drug-likeness (QED) is 0.484. The van der Waals surface area contributed by atoms with Crippen LogP contribution in [0.4, 0.5) is 13.2 Å². The summed E-state index contributed by atoms with van der Waals surface area (Å²) >= 11 is 0. The number of hydrogen-bond acceptors (Lipinski definition) is 4. The first-order chi connectivity index (χ1) is 9.05. The number of hydrogen-bond donors (Lipinski definition) is 4. The van der Waals surface area contributed by atoms with Crippen LogP contribution >= 0.6 is 0 Å².